The van der Waals surface area contributed by atoms with Crippen molar-refractivity contribution >= 4 is 22.8 Å². The molecule has 3 N–H and O–H groups in total. The number of hydrogen-bond acceptors (Lipinski definition) is 3. The van der Waals surface area contributed by atoms with Gasteiger partial charge in [0.1, 0.15) is 5.69 Å². The third kappa shape index (κ3) is 4.76. The lowest BCUT2D eigenvalue weighted by atomic mass is 9.80. The van der Waals surface area contributed by atoms with Gasteiger partial charge in [0.05, 0.1) is 5.52 Å². The summed E-state index contributed by atoms with van der Waals surface area (Å²) >= 11 is 0. The van der Waals surface area contributed by atoms with E-state index < -0.39 is 35.0 Å². The van der Waals surface area contributed by atoms with Crippen LogP contribution in [0.25, 0.3) is 10.9 Å². The summed E-state index contributed by atoms with van der Waals surface area (Å²) in [5.41, 5.74) is 5.22. The average Bonchev–Trinajstić information content (AvgIpc) is 3.26. The number of halogens is 3. The van der Waals surface area contributed by atoms with Gasteiger partial charge in [-0.1, -0.05) is 74.9 Å². The molecule has 0 aliphatic carbocycles. The molecule has 9 heteroatoms. The topological polar surface area (TPSA) is 98.2 Å². The molecule has 0 aliphatic rings. The van der Waals surface area contributed by atoms with Crippen LogP contribution >= 0.6 is 0 Å². The van der Waals surface area contributed by atoms with E-state index >= 15 is 0 Å². The van der Waals surface area contributed by atoms with Crippen LogP contribution < -0.4 is 5.73 Å². The zero-order valence-corrected chi connectivity index (χ0v) is 21.4. The lowest BCUT2D eigenvalue weighted by Crippen LogP contribution is -2.49. The highest BCUT2D eigenvalue weighted by Crippen LogP contribution is 2.38. The van der Waals surface area contributed by atoms with Crippen molar-refractivity contribution < 1.29 is 27.9 Å². The van der Waals surface area contributed by atoms with Gasteiger partial charge in [-0.3, -0.25) is 4.79 Å². The predicted octanol–water partition coefficient (Wildman–Crippen LogP) is 5.83. The lowest BCUT2D eigenvalue weighted by Gasteiger charge is -2.34. The molecule has 1 unspecified atom stereocenters. The van der Waals surface area contributed by atoms with Crippen molar-refractivity contribution in [2.45, 2.75) is 51.2 Å². The molecule has 4 rings (SSSR count). The van der Waals surface area contributed by atoms with Crippen molar-refractivity contribution in [1.29, 1.82) is 0 Å². The van der Waals surface area contributed by atoms with Crippen molar-refractivity contribution in [2.75, 3.05) is 0 Å². The maximum Gasteiger partial charge on any atom is 0.433 e. The number of hydrogen-bond donors (Lipinski definition) is 2. The summed E-state index contributed by atoms with van der Waals surface area (Å²) in [6.45, 7) is 8.09. The fourth-order valence-corrected chi connectivity index (χ4v) is 4.70. The Labute approximate surface area is 217 Å². The first-order valence-corrected chi connectivity index (χ1v) is 11.9. The Morgan fingerprint density at radius 3 is 2.03 bits per heavy atom. The van der Waals surface area contributed by atoms with Crippen molar-refractivity contribution in [3.63, 3.8) is 0 Å². The van der Waals surface area contributed by atoms with Gasteiger partial charge in [0.2, 0.25) is 5.91 Å². The van der Waals surface area contributed by atoms with Crippen LogP contribution in [-0.4, -0.2) is 26.5 Å². The first-order valence-electron chi connectivity index (χ1n) is 11.9. The van der Waals surface area contributed by atoms with Crippen LogP contribution in [0, 0.1) is 6.92 Å². The Morgan fingerprint density at radius 2 is 1.53 bits per heavy atom. The van der Waals surface area contributed by atoms with Gasteiger partial charge in [0.15, 0.2) is 11.2 Å². The van der Waals surface area contributed by atoms with E-state index in [0.29, 0.717) is 5.56 Å². The summed E-state index contributed by atoms with van der Waals surface area (Å²) in [4.78, 5) is 29.0. The molecule has 38 heavy (non-hydrogen) atoms. The minimum atomic E-state index is -4.85. The number of pyridine rings is 1. The first-order chi connectivity index (χ1) is 17.6. The Morgan fingerprint density at radius 1 is 0.947 bits per heavy atom. The van der Waals surface area contributed by atoms with Crippen molar-refractivity contribution in [2.24, 2.45) is 5.73 Å². The number of fused-ring (bicyclic) bond motifs is 1. The quantitative estimate of drug-likeness (QED) is 0.332. The molecule has 1 atom stereocenters. The second kappa shape index (κ2) is 9.31. The number of benzene rings is 2. The average molecular weight is 524 g/mol. The van der Waals surface area contributed by atoms with Crippen molar-refractivity contribution in [3.05, 3.63) is 101 Å². The van der Waals surface area contributed by atoms with Crippen molar-refractivity contribution in [1.82, 2.24) is 9.55 Å². The number of aryl methyl sites for hydroxylation is 1. The summed E-state index contributed by atoms with van der Waals surface area (Å²) < 4.78 is 41.8. The summed E-state index contributed by atoms with van der Waals surface area (Å²) in [6.07, 6.45) is -3.43. The highest BCUT2D eigenvalue weighted by Gasteiger charge is 2.43. The molecule has 6 nitrogen and oxygen atoms in total. The zero-order valence-electron chi connectivity index (χ0n) is 21.4. The van der Waals surface area contributed by atoms with Gasteiger partial charge in [-0.25, -0.2) is 9.78 Å². The van der Waals surface area contributed by atoms with E-state index in [1.54, 1.807) is 24.3 Å². The molecule has 2 aromatic heterocycles. The molecule has 4 aromatic rings. The van der Waals surface area contributed by atoms with Crippen molar-refractivity contribution in [3.8, 4) is 0 Å². The smallest absolute Gasteiger partial charge is 0.433 e. The molecule has 0 radical (unpaired) electrons. The Kier molecular flexibility index (Phi) is 6.59. The Balaban J connectivity index is 2.03. The number of primary amides is 1. The molecule has 2 aromatic carbocycles. The monoisotopic (exact) mass is 523 g/mol. The van der Waals surface area contributed by atoms with Crippen LogP contribution in [0.15, 0.2) is 66.9 Å². The number of nitrogens with zero attached hydrogens (tertiary/aromatic N) is 2. The van der Waals surface area contributed by atoms with E-state index in [0.717, 1.165) is 22.8 Å². The molecule has 2 heterocycles. The zero-order chi connectivity index (χ0) is 28.0. The van der Waals surface area contributed by atoms with Crippen LogP contribution in [0.4, 0.5) is 13.2 Å². The van der Waals surface area contributed by atoms with Crippen LogP contribution in [-0.2, 0) is 28.3 Å². The van der Waals surface area contributed by atoms with E-state index in [4.69, 9.17) is 5.73 Å². The number of aromatic nitrogens is 2. The van der Waals surface area contributed by atoms with Gasteiger partial charge in [-0.05, 0) is 41.2 Å². The summed E-state index contributed by atoms with van der Waals surface area (Å²) in [5, 5.41) is 9.84. The number of carbonyl (C=O) groups is 2. The highest BCUT2D eigenvalue weighted by molar-refractivity contribution is 6.02. The van der Waals surface area contributed by atoms with E-state index in [9.17, 15) is 27.9 Å². The molecule has 0 aliphatic heterocycles. The van der Waals surface area contributed by atoms with Crippen LogP contribution in [0.1, 0.15) is 59.2 Å². The van der Waals surface area contributed by atoms with Crippen LogP contribution in [0.5, 0.6) is 0 Å². The summed E-state index contributed by atoms with van der Waals surface area (Å²) in [5.74, 6) is -2.45. The maximum absolute atomic E-state index is 13.5. The molecule has 0 bridgehead atoms. The summed E-state index contributed by atoms with van der Waals surface area (Å²) in [6, 6.07) is 16.8. The number of aromatic carboxylic acids is 1. The molecule has 0 saturated carbocycles. The largest absolute Gasteiger partial charge is 0.476 e. The molecule has 0 fully saturated rings. The second-order valence-corrected chi connectivity index (χ2v) is 10.5. The highest BCUT2D eigenvalue weighted by atomic mass is 19.4. The number of alkyl halides is 3. The fourth-order valence-electron chi connectivity index (χ4n) is 4.70. The summed E-state index contributed by atoms with van der Waals surface area (Å²) in [7, 11) is 0. The van der Waals surface area contributed by atoms with Gasteiger partial charge in [0, 0.05) is 18.0 Å². The Bertz CT molecular complexity index is 1520. The number of nitrogens with two attached hydrogens (primary N) is 1. The number of carboxylic acid groups (broad SMARTS) is 1. The molecular formula is C29H28F3N3O3. The van der Waals surface area contributed by atoms with Crippen LogP contribution in [0.3, 0.4) is 0 Å². The van der Waals surface area contributed by atoms with E-state index in [-0.39, 0.29) is 22.7 Å². The minimum absolute atomic E-state index is 0.0226. The normalized spacial score (nSPS) is 13.9. The number of rotatable bonds is 6. The lowest BCUT2D eigenvalue weighted by molar-refractivity contribution is -0.141. The van der Waals surface area contributed by atoms with Gasteiger partial charge < -0.3 is 15.4 Å². The van der Waals surface area contributed by atoms with Gasteiger partial charge >= 0.3 is 12.1 Å². The number of carboxylic acids is 1. The number of carbonyl (C=O) groups excluding carboxylic acids is 1. The van der Waals surface area contributed by atoms with Gasteiger partial charge in [-0.15, -0.1) is 0 Å². The number of amides is 1. The fraction of sp³-hybridized carbons (Fsp3) is 0.276. The minimum Gasteiger partial charge on any atom is -0.476 e. The Hall–Kier alpha value is -4.14. The van der Waals surface area contributed by atoms with Crippen LogP contribution in [0.2, 0.25) is 0 Å². The van der Waals surface area contributed by atoms with E-state index in [1.165, 1.54) is 16.8 Å². The molecule has 0 spiro atoms. The second-order valence-electron chi connectivity index (χ2n) is 10.5. The maximum atomic E-state index is 13.5. The van der Waals surface area contributed by atoms with Gasteiger partial charge in [-0.2, -0.15) is 13.2 Å². The molecule has 1 amide bonds. The third-order valence-electron chi connectivity index (χ3n) is 6.79. The molecule has 198 valence electrons. The van der Waals surface area contributed by atoms with Gasteiger partial charge in [0.25, 0.3) is 0 Å². The standard InChI is InChI=1S/C29H28F3N3O3/c1-17-5-9-21(10-6-17)28(26(33)38,16-18-7-11-20(12-8-18)27(2,3)4)35-14-13-19-15-22(29(30,31)32)34-23(24(19)35)25(36)37/h5-15H,16H2,1-4H3,(H2,33,38)(H,36,37). The molecular weight excluding hydrogens is 495 g/mol. The predicted molar refractivity (Wildman–Crippen MR) is 138 cm³/mol. The van der Waals surface area contributed by atoms with E-state index in [2.05, 4.69) is 25.8 Å². The SMILES string of the molecule is Cc1ccc(C(Cc2ccc(C(C)(C)C)cc2)(C(N)=O)n2ccc3cc(C(F)(F)F)nc(C(=O)O)c32)cc1. The molecule has 0 saturated heterocycles. The van der Waals surface area contributed by atoms with E-state index in [1.807, 2.05) is 31.2 Å². The third-order valence-corrected chi connectivity index (χ3v) is 6.79. The first kappa shape index (κ1) is 26.9.